The van der Waals surface area contributed by atoms with Crippen molar-refractivity contribution in [3.8, 4) is 5.88 Å². The lowest BCUT2D eigenvalue weighted by atomic mass is 10.3. The van der Waals surface area contributed by atoms with E-state index in [1.165, 1.54) is 15.9 Å². The van der Waals surface area contributed by atoms with Crippen LogP contribution in [0.3, 0.4) is 0 Å². The van der Waals surface area contributed by atoms with Gasteiger partial charge in [0.1, 0.15) is 0 Å². The minimum absolute atomic E-state index is 0.163. The zero-order valence-electron chi connectivity index (χ0n) is 13.1. The molecule has 2 aromatic rings. The van der Waals surface area contributed by atoms with E-state index in [0.717, 1.165) is 15.0 Å². The average molecular weight is 397 g/mol. The minimum Gasteiger partial charge on any atom is -0.408 e. The Morgan fingerprint density at radius 3 is 2.43 bits per heavy atom. The Morgan fingerprint density at radius 2 is 1.87 bits per heavy atom. The first kappa shape index (κ1) is 17.6. The third-order valence-corrected chi connectivity index (χ3v) is 4.51. The van der Waals surface area contributed by atoms with Crippen LogP contribution in [0.15, 0.2) is 33.7 Å². The summed E-state index contributed by atoms with van der Waals surface area (Å²) in [6, 6.07) is 7.45. The Bertz CT molecular complexity index is 791. The summed E-state index contributed by atoms with van der Waals surface area (Å²) >= 11 is 4.70. The Hall–Kier alpha value is -1.73. The van der Waals surface area contributed by atoms with Crippen LogP contribution in [0.25, 0.3) is 0 Å². The fourth-order valence-corrected chi connectivity index (χ4v) is 3.03. The molecular formula is C16H17BrN2O3S. The van der Waals surface area contributed by atoms with Crippen molar-refractivity contribution in [1.29, 1.82) is 0 Å². The third kappa shape index (κ3) is 4.17. The lowest BCUT2D eigenvalue weighted by Crippen LogP contribution is -2.24. The first-order chi connectivity index (χ1) is 11.0. The van der Waals surface area contributed by atoms with Crippen LogP contribution < -0.4 is 9.54 Å². The van der Waals surface area contributed by atoms with E-state index >= 15 is 0 Å². The van der Waals surface area contributed by atoms with Gasteiger partial charge in [-0.25, -0.2) is 9.56 Å². The first-order valence-corrected chi connectivity index (χ1v) is 8.83. The lowest BCUT2D eigenvalue weighted by molar-refractivity contribution is -0.134. The van der Waals surface area contributed by atoms with E-state index in [0.29, 0.717) is 11.2 Å². The molecular weight excluding hydrogens is 380 g/mol. The van der Waals surface area contributed by atoms with E-state index in [4.69, 9.17) is 4.74 Å². The number of aryl methyl sites for hydroxylation is 1. The summed E-state index contributed by atoms with van der Waals surface area (Å²) in [5, 5.41) is 0. The van der Waals surface area contributed by atoms with Gasteiger partial charge in [0.25, 0.3) is 0 Å². The Balaban J connectivity index is 2.59. The molecule has 0 saturated heterocycles. The van der Waals surface area contributed by atoms with Crippen molar-refractivity contribution in [3.63, 3.8) is 0 Å². The lowest BCUT2D eigenvalue weighted by Gasteiger charge is -2.07. The maximum absolute atomic E-state index is 12.3. The van der Waals surface area contributed by atoms with Gasteiger partial charge in [-0.15, -0.1) is 0 Å². The molecule has 23 heavy (non-hydrogen) atoms. The normalized spacial score (nSPS) is 11.6. The Kier molecular flexibility index (Phi) is 5.90. The van der Waals surface area contributed by atoms with Crippen molar-refractivity contribution in [3.05, 3.63) is 38.4 Å². The van der Waals surface area contributed by atoms with Crippen LogP contribution in [0.5, 0.6) is 5.88 Å². The summed E-state index contributed by atoms with van der Waals surface area (Å²) in [5.41, 5.74) is 0.723. The molecule has 0 bridgehead atoms. The average Bonchev–Trinajstić information content (AvgIpc) is 2.84. The second-order valence-electron chi connectivity index (χ2n) is 4.74. The van der Waals surface area contributed by atoms with Gasteiger partial charge in [-0.1, -0.05) is 41.1 Å². The van der Waals surface area contributed by atoms with Crippen molar-refractivity contribution >= 4 is 44.8 Å². The van der Waals surface area contributed by atoms with Gasteiger partial charge in [-0.3, -0.25) is 9.59 Å². The molecule has 0 atom stereocenters. The number of hydrogen-bond acceptors (Lipinski definition) is 5. The molecule has 7 heteroatoms. The second kappa shape index (κ2) is 7.70. The molecule has 0 aliphatic rings. The number of nitrogens with zero attached hydrogens (tertiary/aromatic N) is 2. The third-order valence-electron chi connectivity index (χ3n) is 3.04. The van der Waals surface area contributed by atoms with Gasteiger partial charge in [-0.05, 0) is 31.2 Å². The van der Waals surface area contributed by atoms with Crippen molar-refractivity contribution < 1.29 is 14.3 Å². The molecule has 1 aromatic carbocycles. The van der Waals surface area contributed by atoms with E-state index in [9.17, 15) is 9.59 Å². The van der Waals surface area contributed by atoms with Crippen molar-refractivity contribution in [2.45, 2.75) is 33.6 Å². The SMILES string of the molecule is CCC(=O)Oc1c(C)sc(=Nc2ccc(Br)cc2)n1C(=O)CC. The molecule has 1 aromatic heterocycles. The molecule has 0 radical (unpaired) electrons. The molecule has 2 rings (SSSR count). The molecule has 5 nitrogen and oxygen atoms in total. The van der Waals surface area contributed by atoms with Gasteiger partial charge in [0.05, 0.1) is 10.6 Å². The summed E-state index contributed by atoms with van der Waals surface area (Å²) in [4.78, 5) is 29.7. The molecule has 0 aliphatic heterocycles. The largest absolute Gasteiger partial charge is 0.408 e. The van der Waals surface area contributed by atoms with Crippen LogP contribution in [-0.4, -0.2) is 16.4 Å². The monoisotopic (exact) mass is 396 g/mol. The number of carbonyl (C=O) groups is 2. The highest BCUT2D eigenvalue weighted by molar-refractivity contribution is 9.10. The van der Waals surface area contributed by atoms with Crippen LogP contribution in [0.2, 0.25) is 0 Å². The van der Waals surface area contributed by atoms with Crippen molar-refractivity contribution in [2.24, 2.45) is 4.99 Å². The standard InChI is InChI=1S/C16H17BrN2O3S/c1-4-13(20)19-15(22-14(21)5-2)10(3)23-16(19)18-12-8-6-11(17)7-9-12/h6-9H,4-5H2,1-3H3. The number of halogens is 1. The van der Waals surface area contributed by atoms with Crippen molar-refractivity contribution in [2.75, 3.05) is 0 Å². The topological polar surface area (TPSA) is 60.7 Å². The van der Waals surface area contributed by atoms with Gasteiger partial charge in [0.15, 0.2) is 4.80 Å². The molecule has 0 aliphatic carbocycles. The molecule has 0 amide bonds. The zero-order chi connectivity index (χ0) is 17.0. The van der Waals surface area contributed by atoms with E-state index in [1.54, 1.807) is 13.8 Å². The molecule has 0 N–H and O–H groups in total. The van der Waals surface area contributed by atoms with Crippen molar-refractivity contribution in [1.82, 2.24) is 4.57 Å². The summed E-state index contributed by atoms with van der Waals surface area (Å²) in [6.45, 7) is 5.28. The number of aromatic nitrogens is 1. The molecule has 1 heterocycles. The number of ether oxygens (including phenoxy) is 1. The summed E-state index contributed by atoms with van der Waals surface area (Å²) in [7, 11) is 0. The number of esters is 1. The number of benzene rings is 1. The van der Waals surface area contributed by atoms with Gasteiger partial charge in [-0.2, -0.15) is 0 Å². The molecule has 122 valence electrons. The highest BCUT2D eigenvalue weighted by Gasteiger charge is 2.19. The quantitative estimate of drug-likeness (QED) is 0.726. The number of rotatable bonds is 4. The van der Waals surface area contributed by atoms with E-state index in [-0.39, 0.29) is 24.2 Å². The predicted octanol–water partition coefficient (Wildman–Crippen LogP) is 4.22. The minimum atomic E-state index is -0.376. The summed E-state index contributed by atoms with van der Waals surface area (Å²) < 4.78 is 7.67. The van der Waals surface area contributed by atoms with Gasteiger partial charge >= 0.3 is 5.97 Å². The molecule has 0 unspecified atom stereocenters. The molecule has 0 fully saturated rings. The fraction of sp³-hybridized carbons (Fsp3) is 0.312. The highest BCUT2D eigenvalue weighted by atomic mass is 79.9. The fourth-order valence-electron chi connectivity index (χ4n) is 1.84. The van der Waals surface area contributed by atoms with Crippen LogP contribution in [-0.2, 0) is 4.79 Å². The maximum atomic E-state index is 12.3. The van der Waals surface area contributed by atoms with E-state index in [2.05, 4.69) is 20.9 Å². The Morgan fingerprint density at radius 1 is 1.22 bits per heavy atom. The number of carbonyl (C=O) groups excluding carboxylic acids is 2. The summed E-state index contributed by atoms with van der Waals surface area (Å²) in [6.07, 6.45) is 0.537. The van der Waals surface area contributed by atoms with Gasteiger partial charge < -0.3 is 4.74 Å². The second-order valence-corrected chi connectivity index (χ2v) is 6.84. The van der Waals surface area contributed by atoms with E-state index < -0.39 is 0 Å². The van der Waals surface area contributed by atoms with Crippen LogP contribution in [0, 0.1) is 6.92 Å². The maximum Gasteiger partial charge on any atom is 0.312 e. The predicted molar refractivity (Wildman–Crippen MR) is 93.3 cm³/mol. The van der Waals surface area contributed by atoms with Crippen LogP contribution >= 0.6 is 27.3 Å². The number of thiazole rings is 1. The first-order valence-electron chi connectivity index (χ1n) is 7.22. The smallest absolute Gasteiger partial charge is 0.312 e. The van der Waals surface area contributed by atoms with E-state index in [1.807, 2.05) is 31.2 Å². The zero-order valence-corrected chi connectivity index (χ0v) is 15.5. The molecule has 0 saturated carbocycles. The van der Waals surface area contributed by atoms with Gasteiger partial charge in [0, 0.05) is 17.3 Å². The van der Waals surface area contributed by atoms with Gasteiger partial charge in [0.2, 0.25) is 11.8 Å². The molecule has 0 spiro atoms. The number of hydrogen-bond donors (Lipinski definition) is 0. The van der Waals surface area contributed by atoms with Crippen LogP contribution in [0.1, 0.15) is 36.4 Å². The summed E-state index contributed by atoms with van der Waals surface area (Å²) in [5.74, 6) is -0.271. The highest BCUT2D eigenvalue weighted by Crippen LogP contribution is 2.23. The Labute approximate surface area is 146 Å². The van der Waals surface area contributed by atoms with Crippen LogP contribution in [0.4, 0.5) is 5.69 Å².